The first-order chi connectivity index (χ1) is 8.92. The van der Waals surface area contributed by atoms with Crippen LogP contribution in [0.2, 0.25) is 0 Å². The molecule has 0 N–H and O–H groups in total. The van der Waals surface area contributed by atoms with Gasteiger partial charge in [0.2, 0.25) is 0 Å². The summed E-state index contributed by atoms with van der Waals surface area (Å²) in [6, 6.07) is 0. The van der Waals surface area contributed by atoms with Crippen LogP contribution in [0.4, 0.5) is 0 Å². The summed E-state index contributed by atoms with van der Waals surface area (Å²) in [6.45, 7) is 0.161. The molecule has 0 heterocycles. The predicted octanol–water partition coefficient (Wildman–Crippen LogP) is 2.01. The Morgan fingerprint density at radius 1 is 1.11 bits per heavy atom. The molecule has 0 aromatic heterocycles. The predicted molar refractivity (Wildman–Crippen MR) is 70.9 cm³/mol. The highest BCUT2D eigenvalue weighted by Crippen LogP contribution is 2.61. The van der Waals surface area contributed by atoms with Gasteiger partial charge >= 0.3 is 18.7 Å². The van der Waals surface area contributed by atoms with Crippen LogP contribution in [0.15, 0.2) is 0 Å². The zero-order valence-electron chi connectivity index (χ0n) is 11.4. The van der Waals surface area contributed by atoms with Crippen molar-refractivity contribution in [3.63, 3.8) is 0 Å². The molecule has 0 rings (SSSR count). The van der Waals surface area contributed by atoms with E-state index in [4.69, 9.17) is 18.5 Å². The van der Waals surface area contributed by atoms with Gasteiger partial charge in [-0.2, -0.15) is 0 Å². The summed E-state index contributed by atoms with van der Waals surface area (Å²) < 4.78 is 31.0. The lowest BCUT2D eigenvalue weighted by Crippen LogP contribution is -2.24. The molecule has 0 fully saturated rings. The maximum absolute atomic E-state index is 12.0. The molecule has 1 unspecified atom stereocenters. The minimum Gasteiger partial charge on any atom is -0.466 e. The lowest BCUT2D eigenvalue weighted by molar-refractivity contribution is -0.149. The van der Waals surface area contributed by atoms with Crippen LogP contribution in [0.3, 0.4) is 0 Å². The van der Waals surface area contributed by atoms with Gasteiger partial charge in [-0.3, -0.25) is 9.59 Å². The van der Waals surface area contributed by atoms with Crippen molar-refractivity contribution in [3.05, 3.63) is 0 Å². The zero-order valence-corrected chi connectivity index (χ0v) is 13.1. The van der Waals surface area contributed by atoms with Crippen molar-refractivity contribution in [1.82, 2.24) is 0 Å². The van der Waals surface area contributed by atoms with Crippen molar-refractivity contribution in [2.75, 3.05) is 27.4 Å². The number of hydrogen-bond donors (Lipinski definition) is 0. The fourth-order valence-corrected chi connectivity index (χ4v) is 4.02. The molecule has 0 aliphatic carbocycles. The number of esters is 2. The third-order valence-electron chi connectivity index (χ3n) is 1.91. The second-order valence-corrected chi connectivity index (χ2v) is 7.55. The summed E-state index contributed by atoms with van der Waals surface area (Å²) in [5.41, 5.74) is 0. The van der Waals surface area contributed by atoms with E-state index in [0.717, 1.165) is 0 Å². The molecular weight excluding hydrogens is 295 g/mol. The third-order valence-corrected chi connectivity index (χ3v) is 6.11. The summed E-state index contributed by atoms with van der Waals surface area (Å²) in [6.07, 6.45) is -0.256. The van der Waals surface area contributed by atoms with E-state index >= 15 is 0 Å². The van der Waals surface area contributed by atoms with E-state index in [-0.39, 0.29) is 19.6 Å². The lowest BCUT2D eigenvalue weighted by atomic mass is 10.3. The largest absolute Gasteiger partial charge is 0.466 e. The fourth-order valence-electron chi connectivity index (χ4n) is 1.09. The van der Waals surface area contributed by atoms with Crippen LogP contribution in [-0.2, 0) is 32.7 Å². The van der Waals surface area contributed by atoms with Gasteiger partial charge < -0.3 is 18.5 Å². The normalized spacial score (nSPS) is 12.8. The van der Waals surface area contributed by atoms with Crippen LogP contribution >= 0.6 is 18.2 Å². The van der Waals surface area contributed by atoms with E-state index in [0.29, 0.717) is 11.4 Å². The van der Waals surface area contributed by atoms with Crippen LogP contribution < -0.4 is 0 Å². The van der Waals surface area contributed by atoms with E-state index in [1.165, 1.54) is 14.2 Å². The SMILES string of the molecule is CCOC(=O)CC(SP(=O)(OC)OC)C(=O)OCC. The average Bonchev–Trinajstić information content (AvgIpc) is 2.38. The Bertz CT molecular complexity index is 339. The molecule has 0 spiro atoms. The van der Waals surface area contributed by atoms with Crippen molar-refractivity contribution in [2.45, 2.75) is 25.5 Å². The quantitative estimate of drug-likeness (QED) is 0.472. The molecule has 19 heavy (non-hydrogen) atoms. The molecule has 1 atom stereocenters. The zero-order chi connectivity index (χ0) is 14.9. The van der Waals surface area contributed by atoms with Gasteiger partial charge in [0.05, 0.1) is 19.6 Å². The second kappa shape index (κ2) is 9.36. The van der Waals surface area contributed by atoms with Gasteiger partial charge in [-0.25, -0.2) is 4.57 Å². The van der Waals surface area contributed by atoms with Crippen LogP contribution in [0.1, 0.15) is 20.3 Å². The molecule has 9 heteroatoms. The first kappa shape index (κ1) is 18.4. The summed E-state index contributed by atoms with van der Waals surface area (Å²) >= 11 is 0.630. The maximum atomic E-state index is 12.0. The molecule has 0 saturated heterocycles. The number of rotatable bonds is 9. The summed E-state index contributed by atoms with van der Waals surface area (Å²) in [5.74, 6) is -1.23. The maximum Gasteiger partial charge on any atom is 0.389 e. The Labute approximate surface area is 116 Å². The Balaban J connectivity index is 4.81. The minimum atomic E-state index is -3.48. The van der Waals surface area contributed by atoms with Crippen molar-refractivity contribution in [3.8, 4) is 0 Å². The van der Waals surface area contributed by atoms with Gasteiger partial charge in [0, 0.05) is 14.2 Å². The Morgan fingerprint density at radius 3 is 2.05 bits per heavy atom. The van der Waals surface area contributed by atoms with E-state index in [1.807, 2.05) is 0 Å². The van der Waals surface area contributed by atoms with E-state index in [2.05, 4.69) is 0 Å². The molecule has 0 radical (unpaired) electrons. The van der Waals surface area contributed by atoms with Gasteiger partial charge in [0.25, 0.3) is 0 Å². The van der Waals surface area contributed by atoms with Gasteiger partial charge in [0.1, 0.15) is 5.25 Å². The Hall–Kier alpha value is -0.560. The minimum absolute atomic E-state index is 0.156. The molecule has 0 bridgehead atoms. The van der Waals surface area contributed by atoms with E-state index in [1.54, 1.807) is 13.8 Å². The third kappa shape index (κ3) is 6.96. The molecule has 0 aliphatic heterocycles. The van der Waals surface area contributed by atoms with Gasteiger partial charge in [-0.05, 0) is 25.2 Å². The topological polar surface area (TPSA) is 88.1 Å². The molecule has 7 nitrogen and oxygen atoms in total. The molecule has 0 amide bonds. The number of carbonyl (C=O) groups is 2. The molecule has 112 valence electrons. The second-order valence-electron chi connectivity index (χ2n) is 3.17. The van der Waals surface area contributed by atoms with E-state index < -0.39 is 24.0 Å². The van der Waals surface area contributed by atoms with Crippen molar-refractivity contribution in [1.29, 1.82) is 0 Å². The highest BCUT2D eigenvalue weighted by molar-refractivity contribution is 8.55. The standard InChI is InChI=1S/C10H19O7PS/c1-5-16-9(11)7-8(10(12)17-6-2)19-18(13,14-3)15-4/h8H,5-7H2,1-4H3. The Kier molecular flexibility index (Phi) is 9.08. The molecular formula is C10H19O7PS. The smallest absolute Gasteiger partial charge is 0.389 e. The highest BCUT2D eigenvalue weighted by Gasteiger charge is 2.35. The van der Waals surface area contributed by atoms with Crippen LogP contribution in [0.25, 0.3) is 0 Å². The first-order valence-corrected chi connectivity index (χ1v) is 8.67. The van der Waals surface area contributed by atoms with Crippen molar-refractivity contribution in [2.24, 2.45) is 0 Å². The molecule has 0 aromatic rings. The first-order valence-electron chi connectivity index (χ1n) is 5.64. The fraction of sp³-hybridized carbons (Fsp3) is 0.800. The Morgan fingerprint density at radius 2 is 1.63 bits per heavy atom. The summed E-state index contributed by atoms with van der Waals surface area (Å²) in [5, 5.41) is -0.996. The van der Waals surface area contributed by atoms with Crippen molar-refractivity contribution >= 4 is 30.1 Å². The van der Waals surface area contributed by atoms with Gasteiger partial charge in [-0.1, -0.05) is 0 Å². The monoisotopic (exact) mass is 314 g/mol. The molecule has 0 aromatic carbocycles. The number of carbonyl (C=O) groups excluding carboxylic acids is 2. The average molecular weight is 314 g/mol. The number of ether oxygens (including phenoxy) is 2. The van der Waals surface area contributed by atoms with Crippen LogP contribution in [0.5, 0.6) is 0 Å². The summed E-state index contributed by atoms with van der Waals surface area (Å²) in [4.78, 5) is 23.1. The van der Waals surface area contributed by atoms with Crippen molar-refractivity contribution < 1.29 is 32.7 Å². The molecule has 0 saturated carbocycles. The summed E-state index contributed by atoms with van der Waals surface area (Å²) in [7, 11) is 2.40. The highest BCUT2D eigenvalue weighted by atomic mass is 32.7. The van der Waals surface area contributed by atoms with E-state index in [9.17, 15) is 14.2 Å². The molecule has 0 aliphatic rings. The van der Waals surface area contributed by atoms with Crippen LogP contribution in [-0.4, -0.2) is 44.6 Å². The van der Waals surface area contributed by atoms with Crippen LogP contribution in [0, 0.1) is 0 Å². The number of hydrogen-bond acceptors (Lipinski definition) is 8. The lowest BCUT2D eigenvalue weighted by Gasteiger charge is -2.18. The van der Waals surface area contributed by atoms with Gasteiger partial charge in [-0.15, -0.1) is 0 Å². The van der Waals surface area contributed by atoms with Gasteiger partial charge in [0.15, 0.2) is 0 Å².